The van der Waals surface area contributed by atoms with Gasteiger partial charge < -0.3 is 9.80 Å². The molecular weight excluding hydrogens is 809 g/mol. The van der Waals surface area contributed by atoms with Gasteiger partial charge in [-0.1, -0.05) is 200 Å². The quantitative estimate of drug-likeness (QED) is 0.158. The third kappa shape index (κ3) is 6.18. The fraction of sp³-hybridized carbons (Fsp3) is 0.0154. The van der Waals surface area contributed by atoms with Crippen LogP contribution in [-0.4, -0.2) is 0 Å². The number of para-hydroxylation sites is 4. The summed E-state index contributed by atoms with van der Waals surface area (Å²) in [5.41, 5.74) is 21.4. The Morgan fingerprint density at radius 2 is 0.761 bits per heavy atom. The minimum absolute atomic E-state index is 0.509. The summed E-state index contributed by atoms with van der Waals surface area (Å²) in [5, 5.41) is 2.38. The maximum absolute atomic E-state index is 2.48. The van der Waals surface area contributed by atoms with Crippen LogP contribution in [0.2, 0.25) is 0 Å². The summed E-state index contributed by atoms with van der Waals surface area (Å²) >= 11 is 0. The van der Waals surface area contributed by atoms with Crippen molar-refractivity contribution < 1.29 is 0 Å². The highest BCUT2D eigenvalue weighted by Gasteiger charge is 2.51. The van der Waals surface area contributed by atoms with E-state index in [1.54, 1.807) is 0 Å². The predicted octanol–water partition coefficient (Wildman–Crippen LogP) is 17.5. The van der Waals surface area contributed by atoms with Crippen molar-refractivity contribution in [2.24, 2.45) is 0 Å². The molecule has 0 saturated heterocycles. The standard InChI is InChI=1S/C65H44N2/c1-4-18-45(19-5-1)46-34-38-53(39-35-46)66(62-29-15-11-24-55(62)47-20-6-2-7-21-47)54-40-36-49-42-48(32-33-50(49)43-54)51-37-41-57-56-25-10-12-26-58(56)65(61(57)44-51)59-27-13-16-30-63(59)67(52-22-8-3-9-23-52)64-31-17-14-28-60(64)65/h1-44H. The maximum atomic E-state index is 2.48. The van der Waals surface area contributed by atoms with Gasteiger partial charge in [-0.25, -0.2) is 0 Å². The van der Waals surface area contributed by atoms with Crippen LogP contribution in [0.5, 0.6) is 0 Å². The molecule has 11 aromatic carbocycles. The summed E-state index contributed by atoms with van der Waals surface area (Å²) in [6.07, 6.45) is 0. The number of anilines is 6. The topological polar surface area (TPSA) is 6.48 Å². The first-order valence-electron chi connectivity index (χ1n) is 23.2. The minimum atomic E-state index is -0.509. The average molecular weight is 853 g/mol. The molecule has 67 heavy (non-hydrogen) atoms. The van der Waals surface area contributed by atoms with E-state index in [1.165, 1.54) is 88.9 Å². The summed E-state index contributed by atoms with van der Waals surface area (Å²) in [7, 11) is 0. The Morgan fingerprint density at radius 3 is 1.48 bits per heavy atom. The van der Waals surface area contributed by atoms with E-state index in [2.05, 4.69) is 277 Å². The fourth-order valence-corrected chi connectivity index (χ4v) is 11.1. The van der Waals surface area contributed by atoms with Crippen molar-refractivity contribution in [3.63, 3.8) is 0 Å². The number of hydrogen-bond donors (Lipinski definition) is 0. The number of hydrogen-bond acceptors (Lipinski definition) is 2. The van der Waals surface area contributed by atoms with Crippen molar-refractivity contribution in [2.45, 2.75) is 5.41 Å². The Labute approximate surface area is 391 Å². The van der Waals surface area contributed by atoms with Crippen molar-refractivity contribution in [2.75, 3.05) is 9.80 Å². The molecule has 0 amide bonds. The van der Waals surface area contributed by atoms with Crippen molar-refractivity contribution in [1.82, 2.24) is 0 Å². The predicted molar refractivity (Wildman–Crippen MR) is 280 cm³/mol. The summed E-state index contributed by atoms with van der Waals surface area (Å²) < 4.78 is 0. The summed E-state index contributed by atoms with van der Waals surface area (Å²) in [6.45, 7) is 0. The fourth-order valence-electron chi connectivity index (χ4n) is 11.1. The van der Waals surface area contributed by atoms with Crippen LogP contribution >= 0.6 is 0 Å². The monoisotopic (exact) mass is 852 g/mol. The largest absolute Gasteiger partial charge is 0.310 e. The molecule has 0 bridgehead atoms. The molecule has 2 aliphatic rings. The molecule has 1 heterocycles. The molecule has 0 saturated carbocycles. The van der Waals surface area contributed by atoms with E-state index in [0.29, 0.717) is 0 Å². The van der Waals surface area contributed by atoms with Gasteiger partial charge in [0.1, 0.15) is 0 Å². The van der Waals surface area contributed by atoms with Gasteiger partial charge in [-0.2, -0.15) is 0 Å². The normalized spacial score (nSPS) is 12.9. The van der Waals surface area contributed by atoms with Crippen LogP contribution in [0.25, 0.3) is 55.3 Å². The molecule has 0 radical (unpaired) electrons. The Kier molecular flexibility index (Phi) is 9.11. The molecule has 0 unspecified atom stereocenters. The van der Waals surface area contributed by atoms with Crippen molar-refractivity contribution in [3.05, 3.63) is 289 Å². The minimum Gasteiger partial charge on any atom is -0.310 e. The Bertz CT molecular complexity index is 3590. The molecule has 0 fully saturated rings. The van der Waals surface area contributed by atoms with Crippen LogP contribution in [0.15, 0.2) is 267 Å². The Hall–Kier alpha value is -8.72. The summed E-state index contributed by atoms with van der Waals surface area (Å²) in [4.78, 5) is 4.85. The Morgan fingerprint density at radius 1 is 0.284 bits per heavy atom. The lowest BCUT2D eigenvalue weighted by Crippen LogP contribution is -2.36. The zero-order chi connectivity index (χ0) is 44.3. The second-order valence-corrected chi connectivity index (χ2v) is 17.6. The van der Waals surface area contributed by atoms with Gasteiger partial charge in [0.05, 0.1) is 22.5 Å². The third-order valence-electron chi connectivity index (χ3n) is 14.0. The summed E-state index contributed by atoms with van der Waals surface area (Å²) in [6, 6.07) is 98.0. The van der Waals surface area contributed by atoms with Crippen LogP contribution < -0.4 is 9.80 Å². The van der Waals surface area contributed by atoms with Gasteiger partial charge in [0, 0.05) is 22.6 Å². The molecule has 0 aromatic heterocycles. The maximum Gasteiger partial charge on any atom is 0.0754 e. The lowest BCUT2D eigenvalue weighted by molar-refractivity contribution is 0.753. The molecule has 1 spiro atoms. The van der Waals surface area contributed by atoms with Crippen molar-refractivity contribution in [3.8, 4) is 44.5 Å². The smallest absolute Gasteiger partial charge is 0.0754 e. The first-order chi connectivity index (χ1) is 33.2. The first kappa shape index (κ1) is 38.7. The third-order valence-corrected chi connectivity index (χ3v) is 14.0. The van der Waals surface area contributed by atoms with E-state index >= 15 is 0 Å². The van der Waals surface area contributed by atoms with Gasteiger partial charge in [-0.3, -0.25) is 0 Å². The highest BCUT2D eigenvalue weighted by molar-refractivity contribution is 5.98. The SMILES string of the molecule is c1ccc(-c2ccc(N(c3ccc4cc(-c5ccc6c(c5)C5(c7ccccc7-6)c6ccccc6N(c6ccccc6)c6ccccc65)ccc4c3)c3ccccc3-c3ccccc3)cc2)cc1. The molecule has 11 aromatic rings. The van der Waals surface area contributed by atoms with Gasteiger partial charge in [-0.05, 0) is 139 Å². The van der Waals surface area contributed by atoms with Gasteiger partial charge >= 0.3 is 0 Å². The Balaban J connectivity index is 0.940. The van der Waals surface area contributed by atoms with Crippen LogP contribution in [0.3, 0.4) is 0 Å². The van der Waals surface area contributed by atoms with Crippen LogP contribution in [0.4, 0.5) is 34.1 Å². The van der Waals surface area contributed by atoms with Gasteiger partial charge in [0.2, 0.25) is 0 Å². The molecule has 0 atom stereocenters. The lowest BCUT2D eigenvalue weighted by Gasteiger charge is -2.45. The van der Waals surface area contributed by atoms with Crippen molar-refractivity contribution >= 4 is 44.9 Å². The van der Waals surface area contributed by atoms with E-state index in [-0.39, 0.29) is 0 Å². The highest BCUT2D eigenvalue weighted by Crippen LogP contribution is 2.63. The zero-order valence-corrected chi connectivity index (χ0v) is 36.8. The van der Waals surface area contributed by atoms with Crippen molar-refractivity contribution in [1.29, 1.82) is 0 Å². The van der Waals surface area contributed by atoms with Crippen LogP contribution in [0, 0.1) is 0 Å². The van der Waals surface area contributed by atoms with E-state index in [0.717, 1.165) is 22.7 Å². The van der Waals surface area contributed by atoms with E-state index in [9.17, 15) is 0 Å². The van der Waals surface area contributed by atoms with E-state index in [1.807, 2.05) is 0 Å². The van der Waals surface area contributed by atoms with Crippen LogP contribution in [0.1, 0.15) is 22.3 Å². The molecule has 13 rings (SSSR count). The van der Waals surface area contributed by atoms with Gasteiger partial charge in [-0.15, -0.1) is 0 Å². The number of fused-ring (bicyclic) bond motifs is 10. The molecule has 1 aliphatic heterocycles. The van der Waals surface area contributed by atoms with E-state index in [4.69, 9.17) is 0 Å². The van der Waals surface area contributed by atoms with Crippen LogP contribution in [-0.2, 0) is 5.41 Å². The van der Waals surface area contributed by atoms with E-state index < -0.39 is 5.41 Å². The second-order valence-electron chi connectivity index (χ2n) is 17.6. The highest BCUT2D eigenvalue weighted by atomic mass is 15.2. The first-order valence-corrected chi connectivity index (χ1v) is 23.2. The second kappa shape index (κ2) is 15.8. The molecule has 1 aliphatic carbocycles. The molecule has 314 valence electrons. The number of rotatable bonds is 7. The average Bonchev–Trinajstić information content (AvgIpc) is 3.69. The molecule has 0 N–H and O–H groups in total. The lowest BCUT2D eigenvalue weighted by atomic mass is 9.64. The molecule has 2 heteroatoms. The number of benzene rings is 11. The molecular formula is C65H44N2. The van der Waals surface area contributed by atoms with Gasteiger partial charge in [0.25, 0.3) is 0 Å². The zero-order valence-electron chi connectivity index (χ0n) is 36.8. The number of nitrogens with zero attached hydrogens (tertiary/aromatic N) is 2. The molecule has 2 nitrogen and oxygen atoms in total. The summed E-state index contributed by atoms with van der Waals surface area (Å²) in [5.74, 6) is 0. The van der Waals surface area contributed by atoms with Gasteiger partial charge in [0.15, 0.2) is 0 Å².